The maximum absolute atomic E-state index is 12.0. The molecule has 138 valence electrons. The van der Waals surface area contributed by atoms with Gasteiger partial charge in [-0.1, -0.05) is 12.1 Å². The summed E-state index contributed by atoms with van der Waals surface area (Å²) in [7, 11) is 5.62. The second kappa shape index (κ2) is 6.94. The van der Waals surface area contributed by atoms with Crippen LogP contribution in [0, 0.1) is 5.92 Å². The summed E-state index contributed by atoms with van der Waals surface area (Å²) in [5.41, 5.74) is 2.08. The third kappa shape index (κ3) is 2.92. The Balaban J connectivity index is 2.11. The standard InChI is InChI=1S/C19H28N2O4/c1-11-14(20(2)3)9-13(19(23)24)15-8-12-6-5-7-17(25-4)18(12)16(10-22)21(11)15/h5-7,11,13-16,22H,8-10H2,1-4H3,(H,23,24). The largest absolute Gasteiger partial charge is 0.496 e. The quantitative estimate of drug-likeness (QED) is 0.856. The van der Waals surface area contributed by atoms with Crippen LogP contribution in [0.5, 0.6) is 5.75 Å². The summed E-state index contributed by atoms with van der Waals surface area (Å²) in [4.78, 5) is 16.3. The molecule has 0 aliphatic carbocycles. The van der Waals surface area contributed by atoms with Crippen LogP contribution in [0.15, 0.2) is 18.2 Å². The molecule has 2 heterocycles. The maximum Gasteiger partial charge on any atom is 0.308 e. The van der Waals surface area contributed by atoms with Crippen LogP contribution in [0.4, 0.5) is 0 Å². The van der Waals surface area contributed by atoms with E-state index in [4.69, 9.17) is 4.74 Å². The highest BCUT2D eigenvalue weighted by Crippen LogP contribution is 2.45. The first kappa shape index (κ1) is 18.2. The molecule has 1 aromatic rings. The number of carbonyl (C=O) groups is 1. The average molecular weight is 348 g/mol. The van der Waals surface area contributed by atoms with Gasteiger partial charge in [0.1, 0.15) is 5.75 Å². The number of benzene rings is 1. The SMILES string of the molecule is COc1cccc2c1C(CO)N1C(C)C(N(C)C)CC(C(=O)O)C1C2. The summed E-state index contributed by atoms with van der Waals surface area (Å²) in [6.07, 6.45) is 1.30. The Labute approximate surface area is 149 Å². The Morgan fingerprint density at radius 3 is 2.68 bits per heavy atom. The van der Waals surface area contributed by atoms with Crippen molar-refractivity contribution in [2.75, 3.05) is 27.8 Å². The van der Waals surface area contributed by atoms with Gasteiger partial charge in [-0.05, 0) is 45.5 Å². The average Bonchev–Trinajstić information content (AvgIpc) is 2.58. The number of hydrogen-bond acceptors (Lipinski definition) is 5. The molecule has 0 saturated carbocycles. The van der Waals surface area contributed by atoms with Crippen LogP contribution in [-0.2, 0) is 11.2 Å². The molecule has 3 rings (SSSR count). The molecule has 0 aromatic heterocycles. The van der Waals surface area contributed by atoms with Gasteiger partial charge in [-0.25, -0.2) is 0 Å². The van der Waals surface area contributed by atoms with Gasteiger partial charge in [-0.15, -0.1) is 0 Å². The monoisotopic (exact) mass is 348 g/mol. The van der Waals surface area contributed by atoms with Crippen LogP contribution in [0.1, 0.15) is 30.5 Å². The second-order valence-electron chi connectivity index (χ2n) is 7.40. The molecule has 2 aliphatic rings. The minimum absolute atomic E-state index is 0.0549. The molecular formula is C19H28N2O4. The minimum atomic E-state index is -0.753. The van der Waals surface area contributed by atoms with Crippen molar-refractivity contribution >= 4 is 5.97 Å². The lowest BCUT2D eigenvalue weighted by Gasteiger charge is -2.55. The molecule has 6 heteroatoms. The van der Waals surface area contributed by atoms with E-state index in [1.165, 1.54) is 0 Å². The number of piperidine rings is 1. The molecule has 1 aromatic carbocycles. The molecule has 0 amide bonds. The number of carboxylic acids is 1. The fourth-order valence-corrected chi connectivity index (χ4v) is 4.88. The van der Waals surface area contributed by atoms with E-state index in [1.807, 2.05) is 32.3 Å². The van der Waals surface area contributed by atoms with Gasteiger partial charge in [0.2, 0.25) is 0 Å². The molecule has 6 nitrogen and oxygen atoms in total. The van der Waals surface area contributed by atoms with E-state index in [1.54, 1.807) is 7.11 Å². The Morgan fingerprint density at radius 2 is 2.12 bits per heavy atom. The van der Waals surface area contributed by atoms with Gasteiger partial charge in [0.05, 0.1) is 25.7 Å². The van der Waals surface area contributed by atoms with E-state index < -0.39 is 11.9 Å². The number of fused-ring (bicyclic) bond motifs is 2. The number of aliphatic hydroxyl groups excluding tert-OH is 1. The predicted octanol–water partition coefficient (Wildman–Crippen LogP) is 1.38. The highest BCUT2D eigenvalue weighted by molar-refractivity contribution is 5.71. The number of carboxylic acid groups (broad SMARTS) is 1. The molecule has 1 fully saturated rings. The molecule has 0 bridgehead atoms. The topological polar surface area (TPSA) is 73.2 Å². The molecule has 0 radical (unpaired) electrons. The minimum Gasteiger partial charge on any atom is -0.496 e. The van der Waals surface area contributed by atoms with Crippen LogP contribution in [-0.4, -0.2) is 71.9 Å². The summed E-state index contributed by atoms with van der Waals surface area (Å²) in [5, 5.41) is 20.0. The van der Waals surface area contributed by atoms with Crippen molar-refractivity contribution in [1.29, 1.82) is 0 Å². The maximum atomic E-state index is 12.0. The van der Waals surface area contributed by atoms with Gasteiger partial charge in [0.25, 0.3) is 0 Å². The zero-order valence-electron chi connectivity index (χ0n) is 15.3. The zero-order valence-corrected chi connectivity index (χ0v) is 15.3. The van der Waals surface area contributed by atoms with E-state index in [0.717, 1.165) is 16.9 Å². The van der Waals surface area contributed by atoms with Crippen LogP contribution >= 0.6 is 0 Å². The number of aliphatic hydroxyl groups is 1. The highest BCUT2D eigenvalue weighted by atomic mass is 16.5. The zero-order chi connectivity index (χ0) is 18.3. The number of hydrogen-bond donors (Lipinski definition) is 2. The van der Waals surface area contributed by atoms with E-state index >= 15 is 0 Å². The summed E-state index contributed by atoms with van der Waals surface area (Å²) in [5.74, 6) is -0.435. The van der Waals surface area contributed by atoms with Crippen molar-refractivity contribution in [1.82, 2.24) is 9.80 Å². The lowest BCUT2D eigenvalue weighted by Crippen LogP contribution is -2.64. The molecule has 2 aliphatic heterocycles. The van der Waals surface area contributed by atoms with Gasteiger partial charge in [0, 0.05) is 23.7 Å². The van der Waals surface area contributed by atoms with E-state index in [-0.39, 0.29) is 30.8 Å². The van der Waals surface area contributed by atoms with Gasteiger partial charge in [-0.3, -0.25) is 9.69 Å². The lowest BCUT2D eigenvalue weighted by molar-refractivity contribution is -0.152. The molecular weight excluding hydrogens is 320 g/mol. The van der Waals surface area contributed by atoms with Gasteiger partial charge >= 0.3 is 5.97 Å². The number of nitrogens with zero attached hydrogens (tertiary/aromatic N) is 2. The normalized spacial score (nSPS) is 32.2. The van der Waals surface area contributed by atoms with Crippen LogP contribution in [0.3, 0.4) is 0 Å². The molecule has 0 spiro atoms. The van der Waals surface area contributed by atoms with Crippen LogP contribution < -0.4 is 4.74 Å². The Morgan fingerprint density at radius 1 is 1.40 bits per heavy atom. The smallest absolute Gasteiger partial charge is 0.308 e. The third-order valence-electron chi connectivity index (χ3n) is 6.02. The summed E-state index contributed by atoms with van der Waals surface area (Å²) < 4.78 is 5.54. The summed E-state index contributed by atoms with van der Waals surface area (Å²) in [6.45, 7) is 2.08. The van der Waals surface area contributed by atoms with Gasteiger partial charge < -0.3 is 19.8 Å². The van der Waals surface area contributed by atoms with Crippen LogP contribution in [0.2, 0.25) is 0 Å². The Kier molecular flexibility index (Phi) is 5.04. The van der Waals surface area contributed by atoms with Gasteiger partial charge in [-0.2, -0.15) is 0 Å². The predicted molar refractivity (Wildman–Crippen MR) is 94.8 cm³/mol. The van der Waals surface area contributed by atoms with Crippen molar-refractivity contribution in [2.24, 2.45) is 5.92 Å². The van der Waals surface area contributed by atoms with E-state index in [2.05, 4.69) is 16.7 Å². The fourth-order valence-electron chi connectivity index (χ4n) is 4.88. The van der Waals surface area contributed by atoms with Crippen molar-refractivity contribution in [2.45, 2.75) is 43.9 Å². The number of likely N-dealkylation sites (N-methyl/N-ethyl adjacent to an activating group) is 1. The van der Waals surface area contributed by atoms with Crippen LogP contribution in [0.25, 0.3) is 0 Å². The van der Waals surface area contributed by atoms with Crippen molar-refractivity contribution in [3.8, 4) is 5.75 Å². The first-order chi connectivity index (χ1) is 11.9. The highest BCUT2D eigenvalue weighted by Gasteiger charge is 2.50. The molecule has 1 saturated heterocycles. The molecule has 2 N–H and O–H groups in total. The van der Waals surface area contributed by atoms with Crippen molar-refractivity contribution < 1.29 is 19.7 Å². The number of aliphatic carboxylic acids is 1. The van der Waals surface area contributed by atoms with Gasteiger partial charge in [0.15, 0.2) is 0 Å². The summed E-state index contributed by atoms with van der Waals surface area (Å²) in [6, 6.07) is 5.79. The van der Waals surface area contributed by atoms with Crippen molar-refractivity contribution in [3.63, 3.8) is 0 Å². The van der Waals surface area contributed by atoms with E-state index in [9.17, 15) is 15.0 Å². The van der Waals surface area contributed by atoms with Crippen molar-refractivity contribution in [3.05, 3.63) is 29.3 Å². The first-order valence-electron chi connectivity index (χ1n) is 8.84. The molecule has 5 atom stereocenters. The molecule has 25 heavy (non-hydrogen) atoms. The first-order valence-corrected chi connectivity index (χ1v) is 8.84. The third-order valence-corrected chi connectivity index (χ3v) is 6.02. The lowest BCUT2D eigenvalue weighted by atomic mass is 9.74. The number of rotatable bonds is 4. The number of ether oxygens (including phenoxy) is 1. The second-order valence-corrected chi connectivity index (χ2v) is 7.40. The molecule has 5 unspecified atom stereocenters. The summed E-state index contributed by atoms with van der Waals surface area (Å²) >= 11 is 0. The fraction of sp³-hybridized carbons (Fsp3) is 0.632. The van der Waals surface area contributed by atoms with E-state index in [0.29, 0.717) is 12.8 Å². The number of methoxy groups -OCH3 is 1. The Hall–Kier alpha value is -1.63. The Bertz CT molecular complexity index is 648.